The molecule has 0 N–H and O–H groups in total. The van der Waals surface area contributed by atoms with Crippen LogP contribution in [0.3, 0.4) is 0 Å². The number of benzene rings is 1. The standard InChI is InChI=1S/C25H45ClN/c1-4-5-6-7-8-9-10-11-12-13-14-15-19-22-25(26)27(2,3)23-24-20-17-16-18-21-24/h16-18,20-21,25H,4-15,19,22-23H2,1-3H3/q+1. The lowest BCUT2D eigenvalue weighted by Gasteiger charge is -2.34. The highest BCUT2D eigenvalue weighted by Gasteiger charge is 2.25. The number of unbranched alkanes of at least 4 members (excludes halogenated alkanes) is 12. The molecule has 1 aromatic carbocycles. The molecule has 0 aliphatic heterocycles. The molecule has 1 atom stereocenters. The van der Waals surface area contributed by atoms with Crippen molar-refractivity contribution in [1.82, 2.24) is 0 Å². The van der Waals surface area contributed by atoms with Crippen molar-refractivity contribution in [1.29, 1.82) is 0 Å². The molecule has 0 spiro atoms. The molecule has 0 aliphatic carbocycles. The van der Waals surface area contributed by atoms with Crippen LogP contribution in [0.2, 0.25) is 0 Å². The zero-order valence-corrected chi connectivity index (χ0v) is 19.2. The average molecular weight is 395 g/mol. The summed E-state index contributed by atoms with van der Waals surface area (Å²) in [6.45, 7) is 3.30. The molecule has 1 aromatic rings. The number of halogens is 1. The van der Waals surface area contributed by atoms with E-state index in [4.69, 9.17) is 11.6 Å². The van der Waals surface area contributed by atoms with Crippen LogP contribution in [-0.2, 0) is 6.54 Å². The first-order chi connectivity index (χ1) is 13.1. The lowest BCUT2D eigenvalue weighted by molar-refractivity contribution is -0.915. The number of nitrogens with zero attached hydrogens (tertiary/aromatic N) is 1. The van der Waals surface area contributed by atoms with E-state index < -0.39 is 0 Å². The molecule has 0 aromatic heterocycles. The molecule has 27 heavy (non-hydrogen) atoms. The molecule has 0 saturated heterocycles. The molecule has 0 fully saturated rings. The SMILES string of the molecule is CCCCCCCCCCCCCCCC(Cl)[N+](C)(C)Cc1ccccc1. The van der Waals surface area contributed by atoms with Crippen LogP contribution in [0, 0.1) is 0 Å². The Morgan fingerprint density at radius 3 is 1.63 bits per heavy atom. The molecule has 1 rings (SSSR count). The number of alkyl halides is 1. The van der Waals surface area contributed by atoms with Crippen molar-refractivity contribution in [3.05, 3.63) is 35.9 Å². The minimum atomic E-state index is 0.206. The van der Waals surface area contributed by atoms with Crippen molar-refractivity contribution in [2.75, 3.05) is 14.1 Å². The number of hydrogen-bond donors (Lipinski definition) is 0. The molecule has 0 bridgehead atoms. The number of hydrogen-bond acceptors (Lipinski definition) is 0. The van der Waals surface area contributed by atoms with Gasteiger partial charge < -0.3 is 4.48 Å². The molecular weight excluding hydrogens is 350 g/mol. The van der Waals surface area contributed by atoms with Gasteiger partial charge in [0.1, 0.15) is 6.54 Å². The second kappa shape index (κ2) is 15.4. The third-order valence-electron chi connectivity index (χ3n) is 5.74. The molecule has 0 heterocycles. The fourth-order valence-electron chi connectivity index (χ4n) is 3.83. The second-order valence-electron chi connectivity index (χ2n) is 8.89. The summed E-state index contributed by atoms with van der Waals surface area (Å²) in [7, 11) is 4.51. The van der Waals surface area contributed by atoms with Crippen molar-refractivity contribution in [2.45, 2.75) is 109 Å². The molecule has 0 radical (unpaired) electrons. The van der Waals surface area contributed by atoms with Crippen LogP contribution in [-0.4, -0.2) is 24.1 Å². The highest BCUT2D eigenvalue weighted by molar-refractivity contribution is 6.19. The molecule has 0 saturated carbocycles. The minimum absolute atomic E-state index is 0.206. The number of rotatable bonds is 17. The van der Waals surface area contributed by atoms with Gasteiger partial charge in [-0.2, -0.15) is 0 Å². The van der Waals surface area contributed by atoms with E-state index >= 15 is 0 Å². The Balaban J connectivity index is 1.96. The smallest absolute Gasteiger partial charge is 0.164 e. The summed E-state index contributed by atoms with van der Waals surface area (Å²) >= 11 is 6.74. The molecular formula is C25H45ClN+. The van der Waals surface area contributed by atoms with Crippen LogP contribution in [0.4, 0.5) is 0 Å². The molecule has 1 nitrogen and oxygen atoms in total. The second-order valence-corrected chi connectivity index (χ2v) is 9.39. The molecule has 1 unspecified atom stereocenters. The molecule has 0 aliphatic rings. The summed E-state index contributed by atoms with van der Waals surface area (Å²) < 4.78 is 0.865. The van der Waals surface area contributed by atoms with E-state index in [-0.39, 0.29) is 5.50 Å². The summed E-state index contributed by atoms with van der Waals surface area (Å²) in [6.07, 6.45) is 19.4. The van der Waals surface area contributed by atoms with Crippen LogP contribution in [0.1, 0.15) is 102 Å². The Hall–Kier alpha value is -0.530. The minimum Gasteiger partial charge on any atom is -0.310 e. The van der Waals surface area contributed by atoms with Crippen molar-refractivity contribution in [3.63, 3.8) is 0 Å². The summed E-state index contributed by atoms with van der Waals surface area (Å²) in [4.78, 5) is 0. The van der Waals surface area contributed by atoms with Gasteiger partial charge in [0.25, 0.3) is 0 Å². The third-order valence-corrected chi connectivity index (χ3v) is 6.48. The largest absolute Gasteiger partial charge is 0.310 e. The predicted octanol–water partition coefficient (Wildman–Crippen LogP) is 8.31. The van der Waals surface area contributed by atoms with Gasteiger partial charge in [-0.25, -0.2) is 0 Å². The Morgan fingerprint density at radius 1 is 0.704 bits per heavy atom. The van der Waals surface area contributed by atoms with Gasteiger partial charge in [-0.15, -0.1) is 0 Å². The summed E-state index contributed by atoms with van der Waals surface area (Å²) in [5.41, 5.74) is 1.58. The molecule has 156 valence electrons. The van der Waals surface area contributed by atoms with Crippen LogP contribution in [0.5, 0.6) is 0 Å². The normalized spacial score (nSPS) is 13.0. The fraction of sp³-hybridized carbons (Fsp3) is 0.760. The van der Waals surface area contributed by atoms with Crippen LogP contribution < -0.4 is 0 Å². The topological polar surface area (TPSA) is 0 Å². The van der Waals surface area contributed by atoms with Gasteiger partial charge in [0.05, 0.1) is 14.1 Å². The number of quaternary nitrogens is 1. The quantitative estimate of drug-likeness (QED) is 0.108. The predicted molar refractivity (Wildman–Crippen MR) is 122 cm³/mol. The van der Waals surface area contributed by atoms with E-state index in [0.29, 0.717) is 0 Å². The van der Waals surface area contributed by atoms with Crippen molar-refractivity contribution < 1.29 is 4.48 Å². The van der Waals surface area contributed by atoms with Crippen LogP contribution >= 0.6 is 11.6 Å². The summed E-state index contributed by atoms with van der Waals surface area (Å²) in [5, 5.41) is 0. The van der Waals surface area contributed by atoms with E-state index in [1.165, 1.54) is 89.0 Å². The first-order valence-corrected chi connectivity index (χ1v) is 12.0. The van der Waals surface area contributed by atoms with Gasteiger partial charge in [0, 0.05) is 12.0 Å². The lowest BCUT2D eigenvalue weighted by atomic mass is 10.0. The van der Waals surface area contributed by atoms with Gasteiger partial charge in [0.2, 0.25) is 0 Å². The van der Waals surface area contributed by atoms with E-state index in [1.54, 1.807) is 0 Å². The maximum atomic E-state index is 6.74. The Morgan fingerprint density at radius 2 is 1.15 bits per heavy atom. The summed E-state index contributed by atoms with van der Waals surface area (Å²) in [6, 6.07) is 10.7. The maximum absolute atomic E-state index is 6.74. The van der Waals surface area contributed by atoms with Gasteiger partial charge in [-0.3, -0.25) is 0 Å². The van der Waals surface area contributed by atoms with E-state index in [1.807, 2.05) is 0 Å². The van der Waals surface area contributed by atoms with Gasteiger partial charge >= 0.3 is 0 Å². The highest BCUT2D eigenvalue weighted by Crippen LogP contribution is 2.22. The average Bonchev–Trinajstić information content (AvgIpc) is 2.65. The maximum Gasteiger partial charge on any atom is 0.164 e. The fourth-order valence-corrected chi connectivity index (χ4v) is 4.06. The van der Waals surface area contributed by atoms with Crippen molar-refractivity contribution in [2.24, 2.45) is 0 Å². The zero-order chi connectivity index (χ0) is 19.8. The van der Waals surface area contributed by atoms with E-state index in [2.05, 4.69) is 51.4 Å². The molecule has 2 heteroatoms. The zero-order valence-electron chi connectivity index (χ0n) is 18.4. The van der Waals surface area contributed by atoms with E-state index in [0.717, 1.165) is 17.4 Å². The van der Waals surface area contributed by atoms with Crippen molar-refractivity contribution >= 4 is 11.6 Å². The lowest BCUT2D eigenvalue weighted by Crippen LogP contribution is -2.45. The molecule has 0 amide bonds. The van der Waals surface area contributed by atoms with Crippen LogP contribution in [0.25, 0.3) is 0 Å². The third kappa shape index (κ3) is 12.5. The van der Waals surface area contributed by atoms with Crippen molar-refractivity contribution in [3.8, 4) is 0 Å². The summed E-state index contributed by atoms with van der Waals surface area (Å²) in [5.74, 6) is 0. The Kier molecular flexibility index (Phi) is 14.0. The first kappa shape index (κ1) is 24.5. The highest BCUT2D eigenvalue weighted by atomic mass is 35.5. The first-order valence-electron chi connectivity index (χ1n) is 11.6. The Labute approximate surface area is 175 Å². The van der Waals surface area contributed by atoms with Crippen LogP contribution in [0.15, 0.2) is 30.3 Å². The monoisotopic (exact) mass is 394 g/mol. The van der Waals surface area contributed by atoms with E-state index in [9.17, 15) is 0 Å². The Bertz CT molecular complexity index is 443. The van der Waals surface area contributed by atoms with Gasteiger partial charge in [-0.05, 0) is 6.42 Å². The van der Waals surface area contributed by atoms with Gasteiger partial charge in [-0.1, -0.05) is 126 Å². The van der Waals surface area contributed by atoms with Gasteiger partial charge in [0.15, 0.2) is 5.50 Å².